The fourth-order valence-corrected chi connectivity index (χ4v) is 1.03. The lowest BCUT2D eigenvalue weighted by atomic mass is 10.1. The molecule has 6 nitrogen and oxygen atoms in total. The van der Waals surface area contributed by atoms with Crippen LogP contribution in [0.2, 0.25) is 0 Å². The fourth-order valence-electron chi connectivity index (χ4n) is 1.03. The number of hydrogen-bond donors (Lipinski definition) is 4. The molecule has 0 amide bonds. The quantitative estimate of drug-likeness (QED) is 0.298. The van der Waals surface area contributed by atoms with Crippen molar-refractivity contribution in [3.63, 3.8) is 0 Å². The van der Waals surface area contributed by atoms with Crippen molar-refractivity contribution in [2.24, 2.45) is 0 Å². The summed E-state index contributed by atoms with van der Waals surface area (Å²) in [6.07, 6.45) is -5.99. The highest BCUT2D eigenvalue weighted by atomic mass is 16.7. The van der Waals surface area contributed by atoms with Crippen molar-refractivity contribution in [1.29, 1.82) is 0 Å². The van der Waals surface area contributed by atoms with Crippen molar-refractivity contribution in [2.45, 2.75) is 37.6 Å². The lowest BCUT2D eigenvalue weighted by molar-refractivity contribution is -0.277. The van der Waals surface area contributed by atoms with Gasteiger partial charge in [0, 0.05) is 0 Å². The highest BCUT2D eigenvalue weighted by Gasteiger charge is 2.40. The molecule has 6 N–H and O–H groups in total. The molecule has 0 aliphatic carbocycles. The summed E-state index contributed by atoms with van der Waals surface area (Å²) in [5.41, 5.74) is 0. The van der Waals surface area contributed by atoms with Crippen molar-refractivity contribution in [2.75, 3.05) is 0 Å². The number of ether oxygens (including phenoxy) is 1. The zero-order chi connectivity index (χ0) is 8.59. The molecule has 0 aromatic carbocycles. The minimum Gasteiger partial charge on any atom is -0.412 e. The molecule has 12 heavy (non-hydrogen) atoms. The minimum atomic E-state index is -1.43. The number of aliphatic hydroxyl groups is 4. The SMILES string of the molecule is C[C@@H]1OC(O)[13C@H](O)[C@H](O)[C@H]1O.O. The lowest BCUT2D eigenvalue weighted by Gasteiger charge is -2.36. The maximum atomic E-state index is 9.09. The Balaban J connectivity index is 0.00000121. The lowest BCUT2D eigenvalue weighted by Crippen LogP contribution is -2.56. The molecule has 0 aromatic heterocycles. The Morgan fingerprint density at radius 3 is 1.92 bits per heavy atom. The molecular formula is C6H14O6. The second kappa shape index (κ2) is 4.13. The van der Waals surface area contributed by atoms with E-state index in [1.807, 2.05) is 0 Å². The zero-order valence-electron chi connectivity index (χ0n) is 6.58. The van der Waals surface area contributed by atoms with E-state index in [4.69, 9.17) is 20.4 Å². The summed E-state index contributed by atoms with van der Waals surface area (Å²) in [5.74, 6) is 0. The first kappa shape index (κ1) is 11.8. The second-order valence-corrected chi connectivity index (χ2v) is 2.70. The van der Waals surface area contributed by atoms with E-state index in [1.165, 1.54) is 6.92 Å². The van der Waals surface area contributed by atoms with Crippen LogP contribution in [-0.4, -0.2) is 56.6 Å². The van der Waals surface area contributed by atoms with E-state index in [1.54, 1.807) is 0 Å². The van der Waals surface area contributed by atoms with Crippen molar-refractivity contribution in [3.05, 3.63) is 0 Å². The van der Waals surface area contributed by atoms with Crippen LogP contribution < -0.4 is 0 Å². The largest absolute Gasteiger partial charge is 0.412 e. The molecule has 0 radical (unpaired) electrons. The molecule has 6 heteroatoms. The number of rotatable bonds is 0. The third-order valence-electron chi connectivity index (χ3n) is 1.83. The first-order valence-electron chi connectivity index (χ1n) is 3.41. The van der Waals surface area contributed by atoms with Crippen LogP contribution in [0.25, 0.3) is 0 Å². The van der Waals surface area contributed by atoms with Gasteiger partial charge >= 0.3 is 0 Å². The van der Waals surface area contributed by atoms with E-state index >= 15 is 0 Å². The first-order valence-corrected chi connectivity index (χ1v) is 3.41. The molecule has 1 aliphatic heterocycles. The van der Waals surface area contributed by atoms with Gasteiger partial charge in [0.1, 0.15) is 18.3 Å². The summed E-state index contributed by atoms with van der Waals surface area (Å²) in [4.78, 5) is 0. The Morgan fingerprint density at radius 2 is 1.42 bits per heavy atom. The highest BCUT2D eigenvalue weighted by Crippen LogP contribution is 2.18. The van der Waals surface area contributed by atoms with Crippen LogP contribution in [0.15, 0.2) is 0 Å². The Kier molecular flexibility index (Phi) is 4.04. The topological polar surface area (TPSA) is 122 Å². The van der Waals surface area contributed by atoms with Crippen LogP contribution in [0.3, 0.4) is 0 Å². The molecule has 1 saturated heterocycles. The highest BCUT2D eigenvalue weighted by molar-refractivity contribution is 4.86. The van der Waals surface area contributed by atoms with Crippen molar-refractivity contribution >= 4 is 0 Å². The molecule has 0 aromatic rings. The maximum Gasteiger partial charge on any atom is 0.183 e. The van der Waals surface area contributed by atoms with E-state index in [0.29, 0.717) is 0 Å². The van der Waals surface area contributed by atoms with E-state index in [9.17, 15) is 0 Å². The number of hydrogen-bond acceptors (Lipinski definition) is 5. The van der Waals surface area contributed by atoms with Gasteiger partial charge in [-0.15, -0.1) is 0 Å². The normalized spacial score (nSPS) is 48.2. The van der Waals surface area contributed by atoms with Gasteiger partial charge in [-0.2, -0.15) is 0 Å². The van der Waals surface area contributed by atoms with E-state index in [0.717, 1.165) is 0 Å². The van der Waals surface area contributed by atoms with Gasteiger partial charge in [-0.3, -0.25) is 0 Å². The molecule has 1 heterocycles. The number of aliphatic hydroxyl groups excluding tert-OH is 4. The third kappa shape index (κ3) is 1.92. The van der Waals surface area contributed by atoms with E-state index in [2.05, 4.69) is 4.74 Å². The monoisotopic (exact) mass is 183 g/mol. The molecule has 1 fully saturated rings. The molecule has 0 saturated carbocycles. The minimum absolute atomic E-state index is 0. The summed E-state index contributed by atoms with van der Waals surface area (Å²) in [7, 11) is 0. The van der Waals surface area contributed by atoms with E-state index < -0.39 is 30.7 Å². The average molecular weight is 183 g/mol. The van der Waals surface area contributed by atoms with Gasteiger partial charge in [-0.1, -0.05) is 0 Å². The maximum absolute atomic E-state index is 9.09. The smallest absolute Gasteiger partial charge is 0.183 e. The summed E-state index contributed by atoms with van der Waals surface area (Å²) in [5, 5.41) is 36.0. The summed E-state index contributed by atoms with van der Waals surface area (Å²) < 4.78 is 4.68. The summed E-state index contributed by atoms with van der Waals surface area (Å²) in [6, 6.07) is 0. The average Bonchev–Trinajstić information content (AvgIpc) is 1.97. The summed E-state index contributed by atoms with van der Waals surface area (Å²) in [6.45, 7) is 1.50. The van der Waals surface area contributed by atoms with Gasteiger partial charge in [0.15, 0.2) is 6.29 Å². The molecule has 0 spiro atoms. The fraction of sp³-hybridized carbons (Fsp3) is 1.00. The Morgan fingerprint density at radius 1 is 0.917 bits per heavy atom. The Bertz CT molecular complexity index is 126. The van der Waals surface area contributed by atoms with Crippen LogP contribution in [0, 0.1) is 0 Å². The van der Waals surface area contributed by atoms with Crippen molar-refractivity contribution < 1.29 is 30.6 Å². The molecule has 1 aliphatic rings. The third-order valence-corrected chi connectivity index (χ3v) is 1.83. The van der Waals surface area contributed by atoms with Gasteiger partial charge in [0.2, 0.25) is 0 Å². The Hall–Kier alpha value is -0.240. The zero-order valence-corrected chi connectivity index (χ0v) is 6.58. The van der Waals surface area contributed by atoms with Gasteiger partial charge < -0.3 is 30.6 Å². The second-order valence-electron chi connectivity index (χ2n) is 2.70. The predicted octanol–water partition coefficient (Wildman–Crippen LogP) is -3.02. The molecular weight excluding hydrogens is 169 g/mol. The standard InChI is InChI=1S/C6H12O5.H2O/c1-2-3(7)4(8)5(9)6(10)11-2;/h2-10H,1H3;1H2/t2-,3-,4+,5+,6?;/m0./s1/i5+1;. The first-order chi connectivity index (χ1) is 5.04. The predicted molar refractivity (Wildman–Crippen MR) is 38.2 cm³/mol. The molecule has 5 atom stereocenters. The van der Waals surface area contributed by atoms with Gasteiger partial charge in [0.05, 0.1) is 6.10 Å². The van der Waals surface area contributed by atoms with E-state index in [-0.39, 0.29) is 5.48 Å². The van der Waals surface area contributed by atoms with Crippen LogP contribution in [-0.2, 0) is 4.74 Å². The van der Waals surface area contributed by atoms with Gasteiger partial charge in [0.25, 0.3) is 0 Å². The molecule has 1 unspecified atom stereocenters. The van der Waals surface area contributed by atoms with Crippen LogP contribution in [0.4, 0.5) is 0 Å². The molecule has 74 valence electrons. The molecule has 1 rings (SSSR count). The molecule has 0 bridgehead atoms. The summed E-state index contributed by atoms with van der Waals surface area (Å²) >= 11 is 0. The van der Waals surface area contributed by atoms with Crippen molar-refractivity contribution in [1.82, 2.24) is 0 Å². The van der Waals surface area contributed by atoms with Gasteiger partial charge in [-0.05, 0) is 6.92 Å². The van der Waals surface area contributed by atoms with Crippen LogP contribution in [0.1, 0.15) is 6.92 Å². The van der Waals surface area contributed by atoms with Crippen molar-refractivity contribution in [3.8, 4) is 0 Å². The van der Waals surface area contributed by atoms with Gasteiger partial charge in [-0.25, -0.2) is 0 Å². The Labute approximate surface area is 69.3 Å². The van der Waals surface area contributed by atoms with Crippen LogP contribution in [0.5, 0.6) is 0 Å². The van der Waals surface area contributed by atoms with Crippen LogP contribution >= 0.6 is 0 Å².